The number of hydrogen-bond donors (Lipinski definition) is 0. The molecule has 0 bridgehead atoms. The van der Waals surface area contributed by atoms with E-state index in [0.717, 1.165) is 52.0 Å². The number of fused-ring (bicyclic) bond motifs is 1. The van der Waals surface area contributed by atoms with E-state index in [1.807, 2.05) is 6.26 Å². The van der Waals surface area contributed by atoms with Crippen molar-refractivity contribution in [3.8, 4) is 0 Å². The second-order valence-electron chi connectivity index (χ2n) is 6.83. The second kappa shape index (κ2) is 5.17. The van der Waals surface area contributed by atoms with E-state index in [4.69, 9.17) is 13.9 Å². The number of likely N-dealkylation sites (tertiary alicyclic amines) is 1. The molecule has 3 aliphatic rings. The summed E-state index contributed by atoms with van der Waals surface area (Å²) in [7, 11) is 0. The Labute approximate surface area is 120 Å². The molecule has 2 aliphatic heterocycles. The van der Waals surface area contributed by atoms with E-state index in [0.29, 0.717) is 5.92 Å². The molecule has 0 aromatic carbocycles. The van der Waals surface area contributed by atoms with Gasteiger partial charge in [0, 0.05) is 43.1 Å². The van der Waals surface area contributed by atoms with E-state index in [9.17, 15) is 0 Å². The van der Waals surface area contributed by atoms with E-state index in [1.165, 1.54) is 18.4 Å². The van der Waals surface area contributed by atoms with Gasteiger partial charge in [-0.3, -0.25) is 4.90 Å². The molecule has 110 valence electrons. The molecule has 1 aliphatic carbocycles. The largest absolute Gasteiger partial charge is 0.472 e. The first kappa shape index (κ1) is 12.9. The molecule has 1 aromatic heterocycles. The zero-order chi connectivity index (χ0) is 13.4. The predicted octanol–water partition coefficient (Wildman–Crippen LogP) is 2.15. The first-order chi connectivity index (χ1) is 9.84. The first-order valence-corrected chi connectivity index (χ1v) is 7.73. The van der Waals surface area contributed by atoms with Crippen LogP contribution in [0.5, 0.6) is 0 Å². The second-order valence-corrected chi connectivity index (χ2v) is 6.83. The molecule has 2 atom stereocenters. The van der Waals surface area contributed by atoms with Crippen molar-refractivity contribution < 1.29 is 13.9 Å². The van der Waals surface area contributed by atoms with Crippen molar-refractivity contribution in [2.75, 3.05) is 39.5 Å². The topological polar surface area (TPSA) is 34.8 Å². The van der Waals surface area contributed by atoms with Gasteiger partial charge in [0.25, 0.3) is 0 Å². The molecule has 20 heavy (non-hydrogen) atoms. The van der Waals surface area contributed by atoms with E-state index in [-0.39, 0.29) is 5.41 Å². The maximum absolute atomic E-state index is 6.00. The lowest BCUT2D eigenvalue weighted by atomic mass is 9.82. The van der Waals surface area contributed by atoms with Gasteiger partial charge in [-0.15, -0.1) is 0 Å². The standard InChI is InChI=1S/C16H23NO3/c1-2-13(1)7-19-11-16-10-17(5-14-3-4-18-8-14)6-15(16)9-20-12-16/h3-4,8,13,15H,1-2,5-7,9-12H2/t15-,16-/m1/s1. The molecule has 2 saturated heterocycles. The number of rotatable bonds is 6. The summed E-state index contributed by atoms with van der Waals surface area (Å²) >= 11 is 0. The molecule has 1 aromatic rings. The van der Waals surface area contributed by atoms with E-state index in [1.54, 1.807) is 6.26 Å². The summed E-state index contributed by atoms with van der Waals surface area (Å²) in [6.45, 7) is 6.79. The van der Waals surface area contributed by atoms with Crippen molar-refractivity contribution in [3.63, 3.8) is 0 Å². The zero-order valence-electron chi connectivity index (χ0n) is 11.9. The van der Waals surface area contributed by atoms with Gasteiger partial charge in [-0.25, -0.2) is 0 Å². The third-order valence-corrected chi connectivity index (χ3v) is 5.02. The molecule has 3 fully saturated rings. The Bertz CT molecular complexity index is 443. The lowest BCUT2D eigenvalue weighted by Crippen LogP contribution is -2.35. The normalized spacial score (nSPS) is 33.7. The Hall–Kier alpha value is -0.840. The van der Waals surface area contributed by atoms with Gasteiger partial charge in [-0.1, -0.05) is 0 Å². The molecule has 0 amide bonds. The quantitative estimate of drug-likeness (QED) is 0.798. The molecule has 4 nitrogen and oxygen atoms in total. The SMILES string of the molecule is c1cc(CN2C[C@@H]3COC[C@]3(COCC3CC3)C2)co1. The van der Waals surface area contributed by atoms with Crippen LogP contribution >= 0.6 is 0 Å². The average molecular weight is 277 g/mol. The summed E-state index contributed by atoms with van der Waals surface area (Å²) in [6.07, 6.45) is 6.32. The summed E-state index contributed by atoms with van der Waals surface area (Å²) in [5.74, 6) is 1.48. The van der Waals surface area contributed by atoms with Crippen molar-refractivity contribution in [1.29, 1.82) is 0 Å². The smallest absolute Gasteiger partial charge is 0.0947 e. The molecular formula is C16H23NO3. The van der Waals surface area contributed by atoms with Crippen LogP contribution in [0.1, 0.15) is 18.4 Å². The maximum atomic E-state index is 6.00. The molecule has 3 heterocycles. The minimum Gasteiger partial charge on any atom is -0.472 e. The fourth-order valence-corrected chi connectivity index (χ4v) is 3.62. The molecule has 1 saturated carbocycles. The first-order valence-electron chi connectivity index (χ1n) is 7.73. The Morgan fingerprint density at radius 3 is 3.15 bits per heavy atom. The Kier molecular flexibility index (Phi) is 3.33. The van der Waals surface area contributed by atoms with Crippen molar-refractivity contribution in [1.82, 2.24) is 4.90 Å². The third-order valence-electron chi connectivity index (χ3n) is 5.02. The van der Waals surface area contributed by atoms with Gasteiger partial charge in [-0.05, 0) is 24.8 Å². The van der Waals surface area contributed by atoms with E-state index < -0.39 is 0 Å². The van der Waals surface area contributed by atoms with E-state index in [2.05, 4.69) is 11.0 Å². The highest BCUT2D eigenvalue weighted by molar-refractivity contribution is 5.08. The molecule has 0 radical (unpaired) electrons. The van der Waals surface area contributed by atoms with Crippen LogP contribution in [0.15, 0.2) is 23.0 Å². The highest BCUT2D eigenvalue weighted by Crippen LogP contribution is 2.42. The van der Waals surface area contributed by atoms with Crippen molar-refractivity contribution in [2.24, 2.45) is 17.3 Å². The van der Waals surface area contributed by atoms with E-state index >= 15 is 0 Å². The number of ether oxygens (including phenoxy) is 2. The number of hydrogen-bond acceptors (Lipinski definition) is 4. The van der Waals surface area contributed by atoms with Crippen LogP contribution in [0.2, 0.25) is 0 Å². The van der Waals surface area contributed by atoms with Crippen LogP contribution in [0.4, 0.5) is 0 Å². The lowest BCUT2D eigenvalue weighted by molar-refractivity contribution is 0.0221. The average Bonchev–Trinajstić information content (AvgIpc) is 2.84. The zero-order valence-corrected chi connectivity index (χ0v) is 11.9. The molecular weight excluding hydrogens is 254 g/mol. The van der Waals surface area contributed by atoms with Gasteiger partial charge in [-0.2, -0.15) is 0 Å². The van der Waals surface area contributed by atoms with Crippen molar-refractivity contribution in [2.45, 2.75) is 19.4 Å². The van der Waals surface area contributed by atoms with Crippen LogP contribution in [0.25, 0.3) is 0 Å². The van der Waals surface area contributed by atoms with Gasteiger partial charge < -0.3 is 13.9 Å². The minimum atomic E-state index is 0.235. The fourth-order valence-electron chi connectivity index (χ4n) is 3.62. The van der Waals surface area contributed by atoms with Gasteiger partial charge in [0.1, 0.15) is 0 Å². The van der Waals surface area contributed by atoms with Crippen LogP contribution in [-0.4, -0.2) is 44.4 Å². The van der Waals surface area contributed by atoms with Crippen molar-refractivity contribution in [3.05, 3.63) is 24.2 Å². The minimum absolute atomic E-state index is 0.235. The van der Waals surface area contributed by atoms with Crippen LogP contribution in [0, 0.1) is 17.3 Å². The van der Waals surface area contributed by atoms with Gasteiger partial charge in [0.15, 0.2) is 0 Å². The number of nitrogens with zero attached hydrogens (tertiary/aromatic N) is 1. The predicted molar refractivity (Wildman–Crippen MR) is 74.3 cm³/mol. The van der Waals surface area contributed by atoms with Crippen LogP contribution in [0.3, 0.4) is 0 Å². The van der Waals surface area contributed by atoms with Crippen molar-refractivity contribution >= 4 is 0 Å². The molecule has 0 spiro atoms. The fraction of sp³-hybridized carbons (Fsp3) is 0.750. The maximum Gasteiger partial charge on any atom is 0.0947 e. The molecule has 0 N–H and O–H groups in total. The van der Waals surface area contributed by atoms with Crippen LogP contribution in [-0.2, 0) is 16.0 Å². The van der Waals surface area contributed by atoms with Crippen LogP contribution < -0.4 is 0 Å². The number of furan rings is 1. The summed E-state index contributed by atoms with van der Waals surface area (Å²) in [5, 5.41) is 0. The van der Waals surface area contributed by atoms with Gasteiger partial charge >= 0.3 is 0 Å². The Morgan fingerprint density at radius 2 is 2.35 bits per heavy atom. The monoisotopic (exact) mass is 277 g/mol. The highest BCUT2D eigenvalue weighted by atomic mass is 16.5. The summed E-state index contributed by atoms with van der Waals surface area (Å²) in [6, 6.07) is 2.06. The van der Waals surface area contributed by atoms with Gasteiger partial charge in [0.2, 0.25) is 0 Å². The molecule has 0 unspecified atom stereocenters. The van der Waals surface area contributed by atoms with Gasteiger partial charge in [0.05, 0.1) is 32.3 Å². The summed E-state index contributed by atoms with van der Waals surface area (Å²) < 4.78 is 16.9. The summed E-state index contributed by atoms with van der Waals surface area (Å²) in [4.78, 5) is 2.53. The molecule has 4 heteroatoms. The highest BCUT2D eigenvalue weighted by Gasteiger charge is 2.50. The Balaban J connectivity index is 1.36. The third kappa shape index (κ3) is 2.52. The Morgan fingerprint density at radius 1 is 1.40 bits per heavy atom. The lowest BCUT2D eigenvalue weighted by Gasteiger charge is -2.27. The summed E-state index contributed by atoms with van der Waals surface area (Å²) in [5.41, 5.74) is 1.50. The molecule has 4 rings (SSSR count).